The lowest BCUT2D eigenvalue weighted by Gasteiger charge is -2.11. The van der Waals surface area contributed by atoms with Gasteiger partial charge in [0.1, 0.15) is 5.82 Å². The molecule has 0 amide bonds. The summed E-state index contributed by atoms with van der Waals surface area (Å²) in [5.41, 5.74) is 4.75. The summed E-state index contributed by atoms with van der Waals surface area (Å²) >= 11 is 0. The monoisotopic (exact) mass is 317 g/mol. The predicted molar refractivity (Wildman–Crippen MR) is 97.9 cm³/mol. The zero-order valence-electron chi connectivity index (χ0n) is 14.4. The third-order valence-electron chi connectivity index (χ3n) is 4.69. The lowest BCUT2D eigenvalue weighted by Crippen LogP contribution is -2.03. The Bertz CT molecular complexity index is 852. The smallest absolute Gasteiger partial charge is 0.129 e. The van der Waals surface area contributed by atoms with Crippen LogP contribution in [-0.4, -0.2) is 15.0 Å². The molecule has 1 aliphatic rings. The van der Waals surface area contributed by atoms with Gasteiger partial charge in [0.05, 0.1) is 11.2 Å². The van der Waals surface area contributed by atoms with E-state index in [-0.39, 0.29) is 0 Å². The molecule has 1 saturated carbocycles. The molecule has 0 unspecified atom stereocenters. The maximum absolute atomic E-state index is 4.95. The van der Waals surface area contributed by atoms with Gasteiger partial charge in [0, 0.05) is 30.1 Å². The van der Waals surface area contributed by atoms with Gasteiger partial charge in [0.2, 0.25) is 0 Å². The van der Waals surface area contributed by atoms with Crippen LogP contribution in [0.4, 0.5) is 0 Å². The molecule has 0 N–H and O–H groups in total. The molecule has 0 aliphatic heterocycles. The molecule has 2 heterocycles. The average Bonchev–Trinajstić information content (AvgIpc) is 3.44. The van der Waals surface area contributed by atoms with E-state index in [1.807, 2.05) is 12.4 Å². The standard InChI is InChI=1S/C21H23N3/c1-14(2)3-8-20-23-19-7-6-17(15-9-11-22-12-10-15)13-18(19)21(24-20)16-4-5-16/h6-7,9-14,16H,3-5,8H2,1-2H3. The first-order chi connectivity index (χ1) is 11.7. The highest BCUT2D eigenvalue weighted by Gasteiger charge is 2.28. The topological polar surface area (TPSA) is 38.7 Å². The van der Waals surface area contributed by atoms with Crippen LogP contribution in [0, 0.1) is 5.92 Å². The Morgan fingerprint density at radius 3 is 2.50 bits per heavy atom. The van der Waals surface area contributed by atoms with Gasteiger partial charge in [0.25, 0.3) is 0 Å². The van der Waals surface area contributed by atoms with Gasteiger partial charge in [-0.1, -0.05) is 19.9 Å². The molecule has 24 heavy (non-hydrogen) atoms. The fourth-order valence-electron chi connectivity index (χ4n) is 3.12. The quantitative estimate of drug-likeness (QED) is 0.652. The molecule has 0 radical (unpaired) electrons. The van der Waals surface area contributed by atoms with Crippen molar-refractivity contribution in [3.05, 3.63) is 54.2 Å². The van der Waals surface area contributed by atoms with Gasteiger partial charge in [-0.3, -0.25) is 4.98 Å². The second-order valence-corrected chi connectivity index (χ2v) is 7.20. The first-order valence-electron chi connectivity index (χ1n) is 8.91. The van der Waals surface area contributed by atoms with E-state index in [0.717, 1.165) is 24.2 Å². The van der Waals surface area contributed by atoms with Crippen LogP contribution in [0.25, 0.3) is 22.0 Å². The van der Waals surface area contributed by atoms with Gasteiger partial charge in [-0.15, -0.1) is 0 Å². The zero-order valence-corrected chi connectivity index (χ0v) is 14.4. The Hall–Kier alpha value is -2.29. The summed E-state index contributed by atoms with van der Waals surface area (Å²) in [6.07, 6.45) is 8.31. The van der Waals surface area contributed by atoms with Crippen LogP contribution >= 0.6 is 0 Å². The Labute approximate surface area is 143 Å². The van der Waals surface area contributed by atoms with Gasteiger partial charge in [-0.2, -0.15) is 0 Å². The first-order valence-corrected chi connectivity index (χ1v) is 8.91. The van der Waals surface area contributed by atoms with Crippen molar-refractivity contribution in [3.63, 3.8) is 0 Å². The minimum absolute atomic E-state index is 0.626. The zero-order chi connectivity index (χ0) is 16.5. The minimum atomic E-state index is 0.626. The summed E-state index contributed by atoms with van der Waals surface area (Å²) in [7, 11) is 0. The van der Waals surface area contributed by atoms with E-state index in [9.17, 15) is 0 Å². The van der Waals surface area contributed by atoms with Crippen molar-refractivity contribution in [2.24, 2.45) is 5.92 Å². The molecule has 1 aromatic carbocycles. The van der Waals surface area contributed by atoms with E-state index in [4.69, 9.17) is 9.97 Å². The van der Waals surface area contributed by atoms with Crippen LogP contribution in [0.1, 0.15) is 50.5 Å². The molecule has 1 fully saturated rings. The molecule has 1 aliphatic carbocycles. The summed E-state index contributed by atoms with van der Waals surface area (Å²) in [6, 6.07) is 10.7. The van der Waals surface area contributed by atoms with E-state index in [1.54, 1.807) is 0 Å². The Balaban J connectivity index is 1.78. The number of pyridine rings is 1. The molecule has 122 valence electrons. The number of benzene rings is 1. The molecular formula is C21H23N3. The Morgan fingerprint density at radius 2 is 1.79 bits per heavy atom. The number of aryl methyl sites for hydroxylation is 1. The molecule has 0 atom stereocenters. The summed E-state index contributed by atoms with van der Waals surface area (Å²) in [4.78, 5) is 13.9. The molecule has 0 bridgehead atoms. The van der Waals surface area contributed by atoms with Crippen molar-refractivity contribution in [3.8, 4) is 11.1 Å². The van der Waals surface area contributed by atoms with Crippen LogP contribution in [0.3, 0.4) is 0 Å². The minimum Gasteiger partial charge on any atom is -0.265 e. The van der Waals surface area contributed by atoms with Crippen LogP contribution in [0.15, 0.2) is 42.7 Å². The van der Waals surface area contributed by atoms with Crippen molar-refractivity contribution in [2.45, 2.75) is 45.4 Å². The highest BCUT2D eigenvalue weighted by molar-refractivity contribution is 5.87. The van der Waals surface area contributed by atoms with Gasteiger partial charge in [-0.25, -0.2) is 9.97 Å². The first kappa shape index (κ1) is 15.3. The van der Waals surface area contributed by atoms with Crippen LogP contribution in [0.5, 0.6) is 0 Å². The molecule has 2 aromatic heterocycles. The molecule has 3 aromatic rings. The SMILES string of the molecule is CC(C)CCc1nc(C2CC2)c2cc(-c3ccncc3)ccc2n1. The Kier molecular flexibility index (Phi) is 4.01. The number of rotatable bonds is 5. The van der Waals surface area contributed by atoms with Gasteiger partial charge in [-0.05, 0) is 60.6 Å². The summed E-state index contributed by atoms with van der Waals surface area (Å²) < 4.78 is 0. The predicted octanol–water partition coefficient (Wildman–Crippen LogP) is 5.16. The van der Waals surface area contributed by atoms with Crippen molar-refractivity contribution >= 4 is 10.9 Å². The second-order valence-electron chi connectivity index (χ2n) is 7.20. The molecular weight excluding hydrogens is 294 g/mol. The van der Waals surface area contributed by atoms with E-state index < -0.39 is 0 Å². The highest BCUT2D eigenvalue weighted by atomic mass is 14.9. The lowest BCUT2D eigenvalue weighted by atomic mass is 10.0. The van der Waals surface area contributed by atoms with E-state index in [0.29, 0.717) is 11.8 Å². The fourth-order valence-corrected chi connectivity index (χ4v) is 3.12. The maximum atomic E-state index is 4.95. The third-order valence-corrected chi connectivity index (χ3v) is 4.69. The highest BCUT2D eigenvalue weighted by Crippen LogP contribution is 2.42. The van der Waals surface area contributed by atoms with Crippen LogP contribution in [-0.2, 0) is 6.42 Å². The summed E-state index contributed by atoms with van der Waals surface area (Å²) in [5, 5.41) is 1.22. The molecule has 0 saturated heterocycles. The van der Waals surface area contributed by atoms with Crippen LogP contribution in [0.2, 0.25) is 0 Å². The average molecular weight is 317 g/mol. The number of fused-ring (bicyclic) bond motifs is 1. The van der Waals surface area contributed by atoms with E-state index in [2.05, 4.69) is 49.2 Å². The largest absolute Gasteiger partial charge is 0.265 e. The molecule has 3 heteroatoms. The van der Waals surface area contributed by atoms with Crippen molar-refractivity contribution < 1.29 is 0 Å². The van der Waals surface area contributed by atoms with Gasteiger partial charge in [0.15, 0.2) is 0 Å². The number of nitrogens with zero attached hydrogens (tertiary/aromatic N) is 3. The normalized spacial score (nSPS) is 14.5. The van der Waals surface area contributed by atoms with E-state index in [1.165, 1.54) is 35.0 Å². The summed E-state index contributed by atoms with van der Waals surface area (Å²) in [6.45, 7) is 4.51. The number of hydrogen-bond acceptors (Lipinski definition) is 3. The van der Waals surface area contributed by atoms with Gasteiger partial charge >= 0.3 is 0 Å². The second kappa shape index (κ2) is 6.31. The van der Waals surface area contributed by atoms with Crippen molar-refractivity contribution in [1.82, 2.24) is 15.0 Å². The van der Waals surface area contributed by atoms with Crippen LogP contribution < -0.4 is 0 Å². The molecule has 4 rings (SSSR count). The van der Waals surface area contributed by atoms with Gasteiger partial charge < -0.3 is 0 Å². The fraction of sp³-hybridized carbons (Fsp3) is 0.381. The lowest BCUT2D eigenvalue weighted by molar-refractivity contribution is 0.574. The number of aromatic nitrogens is 3. The van der Waals surface area contributed by atoms with Crippen molar-refractivity contribution in [2.75, 3.05) is 0 Å². The Morgan fingerprint density at radius 1 is 1.00 bits per heavy atom. The maximum Gasteiger partial charge on any atom is 0.129 e. The third kappa shape index (κ3) is 3.16. The van der Waals surface area contributed by atoms with Crippen molar-refractivity contribution in [1.29, 1.82) is 0 Å². The molecule has 3 nitrogen and oxygen atoms in total. The number of hydrogen-bond donors (Lipinski definition) is 0. The molecule has 0 spiro atoms. The van der Waals surface area contributed by atoms with E-state index >= 15 is 0 Å². The summed E-state index contributed by atoms with van der Waals surface area (Å²) in [5.74, 6) is 2.32.